The summed E-state index contributed by atoms with van der Waals surface area (Å²) in [5.74, 6) is 2.44. The first kappa shape index (κ1) is 14.4. The van der Waals surface area contributed by atoms with E-state index in [0.717, 1.165) is 29.2 Å². The van der Waals surface area contributed by atoms with Crippen molar-refractivity contribution in [3.63, 3.8) is 0 Å². The lowest BCUT2D eigenvalue weighted by atomic mass is 9.78. The van der Waals surface area contributed by atoms with Crippen LogP contribution in [0.15, 0.2) is 22.7 Å². The van der Waals surface area contributed by atoms with Crippen LogP contribution in [0.25, 0.3) is 0 Å². The van der Waals surface area contributed by atoms with Gasteiger partial charge in [0, 0.05) is 30.1 Å². The van der Waals surface area contributed by atoms with E-state index in [-0.39, 0.29) is 0 Å². The quantitative estimate of drug-likeness (QED) is 0.920. The van der Waals surface area contributed by atoms with Gasteiger partial charge in [-0.15, -0.1) is 0 Å². The number of halogens is 1. The van der Waals surface area contributed by atoms with Gasteiger partial charge in [0.25, 0.3) is 0 Å². The summed E-state index contributed by atoms with van der Waals surface area (Å²) in [7, 11) is 1.72. The van der Waals surface area contributed by atoms with Gasteiger partial charge in [-0.2, -0.15) is 0 Å². The molecule has 0 aromatic heterocycles. The number of nitrogens with zero attached hydrogens (tertiary/aromatic N) is 1. The van der Waals surface area contributed by atoms with Gasteiger partial charge in [0.05, 0.1) is 7.11 Å². The number of fused-ring (bicyclic) bond motifs is 1. The van der Waals surface area contributed by atoms with Crippen molar-refractivity contribution >= 4 is 15.9 Å². The van der Waals surface area contributed by atoms with Crippen LogP contribution in [0.4, 0.5) is 0 Å². The second kappa shape index (κ2) is 6.04. The number of nitrogens with two attached hydrogens (primary N) is 1. The van der Waals surface area contributed by atoms with E-state index in [0.29, 0.717) is 12.0 Å². The molecule has 4 heteroatoms. The monoisotopic (exact) mass is 338 g/mol. The largest absolute Gasteiger partial charge is 0.497 e. The van der Waals surface area contributed by atoms with E-state index in [1.165, 1.54) is 31.4 Å². The third-order valence-electron chi connectivity index (χ3n) is 4.88. The SMILES string of the molecule is COc1ccc(Br)c(CN2CC3CCCC(N)C3C2)c1. The smallest absolute Gasteiger partial charge is 0.119 e. The van der Waals surface area contributed by atoms with Crippen LogP contribution in [0.1, 0.15) is 24.8 Å². The molecule has 0 amide bonds. The van der Waals surface area contributed by atoms with Crippen molar-refractivity contribution in [3.8, 4) is 5.75 Å². The molecule has 1 aromatic carbocycles. The van der Waals surface area contributed by atoms with E-state index in [1.54, 1.807) is 7.11 Å². The number of rotatable bonds is 3. The van der Waals surface area contributed by atoms with Crippen LogP contribution in [-0.2, 0) is 6.54 Å². The van der Waals surface area contributed by atoms with Crippen molar-refractivity contribution in [3.05, 3.63) is 28.2 Å². The summed E-state index contributed by atoms with van der Waals surface area (Å²) in [6, 6.07) is 6.61. The van der Waals surface area contributed by atoms with Crippen molar-refractivity contribution in [2.24, 2.45) is 17.6 Å². The molecule has 0 radical (unpaired) electrons. The number of methoxy groups -OCH3 is 1. The molecular weight excluding hydrogens is 316 g/mol. The van der Waals surface area contributed by atoms with Crippen LogP contribution in [0.2, 0.25) is 0 Å². The molecule has 2 fully saturated rings. The molecule has 1 aliphatic heterocycles. The van der Waals surface area contributed by atoms with Gasteiger partial charge in [0.15, 0.2) is 0 Å². The van der Waals surface area contributed by atoms with Gasteiger partial charge in [0.1, 0.15) is 5.75 Å². The molecule has 2 N–H and O–H groups in total. The second-order valence-corrected chi connectivity index (χ2v) is 7.02. The molecule has 1 saturated heterocycles. The van der Waals surface area contributed by atoms with Gasteiger partial charge in [-0.25, -0.2) is 0 Å². The van der Waals surface area contributed by atoms with Gasteiger partial charge in [-0.1, -0.05) is 22.4 Å². The number of benzene rings is 1. The molecule has 0 bridgehead atoms. The summed E-state index contributed by atoms with van der Waals surface area (Å²) in [4.78, 5) is 2.56. The Labute approximate surface area is 129 Å². The van der Waals surface area contributed by atoms with E-state index < -0.39 is 0 Å². The molecule has 3 rings (SSSR count). The van der Waals surface area contributed by atoms with Crippen molar-refractivity contribution in [2.45, 2.75) is 31.8 Å². The number of hydrogen-bond donors (Lipinski definition) is 1. The zero-order valence-corrected chi connectivity index (χ0v) is 13.6. The number of hydrogen-bond acceptors (Lipinski definition) is 3. The minimum atomic E-state index is 0.410. The standard InChI is InChI=1S/C16H23BrN2O/c1-20-13-5-6-15(17)12(7-13)9-19-8-11-3-2-4-16(18)14(11)10-19/h5-7,11,14,16H,2-4,8-10,18H2,1H3. The summed E-state index contributed by atoms with van der Waals surface area (Å²) in [6.07, 6.45) is 3.87. The first-order valence-corrected chi connectivity index (χ1v) is 8.27. The third-order valence-corrected chi connectivity index (χ3v) is 5.65. The first-order chi connectivity index (χ1) is 9.67. The zero-order valence-electron chi connectivity index (χ0n) is 12.0. The molecule has 1 aromatic rings. The molecule has 1 heterocycles. The molecule has 2 aliphatic rings. The predicted octanol–water partition coefficient (Wildman–Crippen LogP) is 3.02. The average molecular weight is 339 g/mol. The Morgan fingerprint density at radius 2 is 2.20 bits per heavy atom. The van der Waals surface area contributed by atoms with Crippen molar-refractivity contribution in [1.29, 1.82) is 0 Å². The fourth-order valence-electron chi connectivity index (χ4n) is 3.78. The molecule has 3 atom stereocenters. The van der Waals surface area contributed by atoms with Crippen molar-refractivity contribution < 1.29 is 4.74 Å². The van der Waals surface area contributed by atoms with Crippen molar-refractivity contribution in [1.82, 2.24) is 4.90 Å². The summed E-state index contributed by atoms with van der Waals surface area (Å²) in [5, 5.41) is 0. The topological polar surface area (TPSA) is 38.5 Å². The lowest BCUT2D eigenvalue weighted by Gasteiger charge is -2.29. The van der Waals surface area contributed by atoms with Crippen LogP contribution < -0.4 is 10.5 Å². The summed E-state index contributed by atoms with van der Waals surface area (Å²) >= 11 is 3.65. The summed E-state index contributed by atoms with van der Waals surface area (Å²) in [6.45, 7) is 3.33. The zero-order chi connectivity index (χ0) is 14.1. The van der Waals surface area contributed by atoms with Gasteiger partial charge >= 0.3 is 0 Å². The van der Waals surface area contributed by atoms with Gasteiger partial charge in [0.2, 0.25) is 0 Å². The Morgan fingerprint density at radius 3 is 2.95 bits per heavy atom. The first-order valence-electron chi connectivity index (χ1n) is 7.47. The fraction of sp³-hybridized carbons (Fsp3) is 0.625. The molecule has 3 nitrogen and oxygen atoms in total. The Morgan fingerprint density at radius 1 is 1.35 bits per heavy atom. The Kier molecular flexibility index (Phi) is 4.34. The molecule has 1 aliphatic carbocycles. The van der Waals surface area contributed by atoms with E-state index in [4.69, 9.17) is 10.5 Å². The maximum absolute atomic E-state index is 6.30. The van der Waals surface area contributed by atoms with Crippen LogP contribution in [0, 0.1) is 11.8 Å². The fourth-order valence-corrected chi connectivity index (χ4v) is 4.15. The highest BCUT2D eigenvalue weighted by molar-refractivity contribution is 9.10. The van der Waals surface area contributed by atoms with Crippen LogP contribution >= 0.6 is 15.9 Å². The molecular formula is C16H23BrN2O. The molecule has 3 unspecified atom stereocenters. The summed E-state index contributed by atoms with van der Waals surface area (Å²) in [5.41, 5.74) is 7.60. The second-order valence-electron chi connectivity index (χ2n) is 6.17. The lowest BCUT2D eigenvalue weighted by Crippen LogP contribution is -2.38. The molecule has 110 valence electrons. The van der Waals surface area contributed by atoms with Crippen LogP contribution in [0.5, 0.6) is 5.75 Å². The van der Waals surface area contributed by atoms with E-state index in [2.05, 4.69) is 33.0 Å². The Bertz CT molecular complexity index is 480. The van der Waals surface area contributed by atoms with Gasteiger partial charge in [-0.3, -0.25) is 4.90 Å². The van der Waals surface area contributed by atoms with E-state index in [1.807, 2.05) is 6.07 Å². The highest BCUT2D eigenvalue weighted by atomic mass is 79.9. The maximum atomic E-state index is 6.30. The molecule has 1 saturated carbocycles. The average Bonchev–Trinajstić information content (AvgIpc) is 2.85. The third kappa shape index (κ3) is 2.87. The van der Waals surface area contributed by atoms with Crippen LogP contribution in [-0.4, -0.2) is 31.1 Å². The number of ether oxygens (including phenoxy) is 1. The van der Waals surface area contributed by atoms with Gasteiger partial charge in [-0.05, 0) is 48.4 Å². The van der Waals surface area contributed by atoms with Gasteiger partial charge < -0.3 is 10.5 Å². The Hall–Kier alpha value is -0.580. The molecule has 20 heavy (non-hydrogen) atoms. The Balaban J connectivity index is 1.70. The normalized spacial score (nSPS) is 30.2. The summed E-state index contributed by atoms with van der Waals surface area (Å²) < 4.78 is 6.49. The minimum absolute atomic E-state index is 0.410. The predicted molar refractivity (Wildman–Crippen MR) is 84.8 cm³/mol. The number of likely N-dealkylation sites (tertiary alicyclic amines) is 1. The van der Waals surface area contributed by atoms with E-state index in [9.17, 15) is 0 Å². The maximum Gasteiger partial charge on any atom is 0.119 e. The molecule has 0 spiro atoms. The van der Waals surface area contributed by atoms with Crippen LogP contribution in [0.3, 0.4) is 0 Å². The minimum Gasteiger partial charge on any atom is -0.497 e. The van der Waals surface area contributed by atoms with Crippen molar-refractivity contribution in [2.75, 3.05) is 20.2 Å². The highest BCUT2D eigenvalue weighted by Gasteiger charge is 2.38. The lowest BCUT2D eigenvalue weighted by molar-refractivity contribution is 0.259. The van der Waals surface area contributed by atoms with E-state index >= 15 is 0 Å². The highest BCUT2D eigenvalue weighted by Crippen LogP contribution is 2.36.